The van der Waals surface area contributed by atoms with E-state index in [9.17, 15) is 25.9 Å². The van der Waals surface area contributed by atoms with Crippen molar-refractivity contribution in [1.82, 2.24) is 0 Å². The van der Waals surface area contributed by atoms with Gasteiger partial charge in [-0.25, -0.2) is 16.8 Å². The molecule has 0 saturated heterocycles. The number of rotatable bonds is 38. The first-order valence-electron chi connectivity index (χ1n) is 21.7. The van der Waals surface area contributed by atoms with E-state index in [0.29, 0.717) is 26.1 Å². The Morgan fingerprint density at radius 1 is 0.407 bits per heavy atom. The van der Waals surface area contributed by atoms with Gasteiger partial charge in [0.2, 0.25) is 0 Å². The van der Waals surface area contributed by atoms with Gasteiger partial charge in [0.25, 0.3) is 0 Å². The molecule has 0 N–H and O–H groups in total. The summed E-state index contributed by atoms with van der Waals surface area (Å²) in [6.45, 7) is 6.09. The second-order valence-electron chi connectivity index (χ2n) is 14.9. The molecule has 0 atom stereocenters. The Morgan fingerprint density at radius 2 is 0.678 bits per heavy atom. The maximum absolute atomic E-state index is 11.9. The van der Waals surface area contributed by atoms with E-state index in [0.717, 1.165) is 49.7 Å². The Labute approximate surface area is 402 Å². The maximum Gasteiger partial charge on any atom is 1.00 e. The Bertz CT molecular complexity index is 1430. The molecule has 0 aliphatic rings. The minimum Gasteiger partial charge on any atom is -0.744 e. The fourth-order valence-corrected chi connectivity index (χ4v) is 7.98. The van der Waals surface area contributed by atoms with Gasteiger partial charge in [0, 0.05) is 0 Å². The average molecular weight is 887 g/mol. The molecule has 0 unspecified atom stereocenters. The van der Waals surface area contributed by atoms with E-state index in [-0.39, 0.29) is 120 Å². The first-order valence-corrected chi connectivity index (χ1v) is 24.5. The van der Waals surface area contributed by atoms with Crippen LogP contribution in [-0.4, -0.2) is 78.8 Å². The largest absolute Gasteiger partial charge is 1.00 e. The number of aryl methyl sites for hydroxylation is 2. The van der Waals surface area contributed by atoms with Crippen molar-refractivity contribution in [3.05, 3.63) is 47.5 Å². The van der Waals surface area contributed by atoms with E-state index in [1.165, 1.54) is 102 Å². The molecule has 11 nitrogen and oxygen atoms in total. The molecule has 0 saturated carbocycles. The summed E-state index contributed by atoms with van der Waals surface area (Å²) in [6.07, 6.45) is 25.8. The molecule has 0 aliphatic carbocycles. The van der Waals surface area contributed by atoms with Gasteiger partial charge in [-0.05, 0) is 61.1 Å². The Morgan fingerprint density at radius 3 is 0.966 bits per heavy atom. The summed E-state index contributed by atoms with van der Waals surface area (Å²) < 4.78 is 99.3. The summed E-state index contributed by atoms with van der Waals surface area (Å²) in [5.41, 5.74) is 1.62. The fourth-order valence-electron chi connectivity index (χ4n) is 6.64. The first kappa shape index (κ1) is 58.7. The molecule has 0 amide bonds. The van der Waals surface area contributed by atoms with Crippen LogP contribution in [0.1, 0.15) is 153 Å². The summed E-state index contributed by atoms with van der Waals surface area (Å²) in [4.78, 5) is -0.686. The fraction of sp³-hybridized carbons (Fsp3) is 0.727. The zero-order valence-corrected chi connectivity index (χ0v) is 42.6. The van der Waals surface area contributed by atoms with Gasteiger partial charge in [-0.3, -0.25) is 0 Å². The molecule has 2 aromatic carbocycles. The van der Waals surface area contributed by atoms with E-state index in [4.69, 9.17) is 23.7 Å². The van der Waals surface area contributed by atoms with Crippen molar-refractivity contribution in [2.75, 3.05) is 52.9 Å². The average Bonchev–Trinajstić information content (AvgIpc) is 3.18. The van der Waals surface area contributed by atoms with Crippen molar-refractivity contribution in [3.8, 4) is 11.5 Å². The van der Waals surface area contributed by atoms with Crippen molar-refractivity contribution in [2.24, 2.45) is 0 Å². The van der Waals surface area contributed by atoms with Gasteiger partial charge in [-0.2, -0.15) is 0 Å². The number of hydrogen-bond donors (Lipinski definition) is 0. The number of hydrogen-bond acceptors (Lipinski definition) is 11. The van der Waals surface area contributed by atoms with Crippen LogP contribution in [0.5, 0.6) is 11.5 Å². The van der Waals surface area contributed by atoms with Crippen LogP contribution in [0.3, 0.4) is 0 Å². The quantitative estimate of drug-likeness (QED) is 0.0546. The molecule has 0 radical (unpaired) electrons. The van der Waals surface area contributed by atoms with Gasteiger partial charge >= 0.3 is 59.1 Å². The van der Waals surface area contributed by atoms with Crippen LogP contribution in [0.25, 0.3) is 0 Å². The Kier molecular flexibility index (Phi) is 37.0. The second kappa shape index (κ2) is 37.1. The van der Waals surface area contributed by atoms with Gasteiger partial charge in [-0.1, -0.05) is 142 Å². The van der Waals surface area contributed by atoms with Crippen molar-refractivity contribution in [1.29, 1.82) is 0 Å². The van der Waals surface area contributed by atoms with Gasteiger partial charge in [0.1, 0.15) is 44.9 Å². The molecule has 328 valence electrons. The van der Waals surface area contributed by atoms with Crippen molar-refractivity contribution in [2.45, 2.75) is 165 Å². The number of unbranched alkanes of at least 4 members (excludes halogenated alkanes) is 18. The summed E-state index contributed by atoms with van der Waals surface area (Å²) in [6, 6.07) is 9.58. The van der Waals surface area contributed by atoms with E-state index >= 15 is 0 Å². The van der Waals surface area contributed by atoms with E-state index in [1.54, 1.807) is 12.1 Å². The molecule has 0 bridgehead atoms. The van der Waals surface area contributed by atoms with Crippen LogP contribution in [0.4, 0.5) is 0 Å². The summed E-state index contributed by atoms with van der Waals surface area (Å²) >= 11 is 0. The second-order valence-corrected chi connectivity index (χ2v) is 17.6. The molecule has 0 fully saturated rings. The standard InChI is InChI=1S/C44H74O11S2.2Na/c1-3-5-7-9-11-13-15-17-19-21-23-39-25-27-41(43(37-39)56(45,46)47)54-35-33-52-31-29-51-30-32-53-34-36-55-42-28-26-40(38-44(42)57(48,49)50)24-22-20-18-16-14-12-10-8-6-4-2;;/h25-28,37-38H,3-24,29-36H2,1-2H3,(H,45,46,47)(H,48,49,50);;/q;2*+1/p-2. The molecule has 15 heteroatoms. The maximum atomic E-state index is 11.9. The zero-order chi connectivity index (χ0) is 41.5. The first-order chi connectivity index (χ1) is 27.6. The third-order valence-corrected chi connectivity index (χ3v) is 11.6. The topological polar surface area (TPSA) is 161 Å². The molecular weight excluding hydrogens is 815 g/mol. The Hall–Kier alpha value is -0.260. The molecule has 0 aliphatic heterocycles. The third kappa shape index (κ3) is 29.7. The Balaban J connectivity index is 0.0000168. The van der Waals surface area contributed by atoms with Crippen molar-refractivity contribution in [3.63, 3.8) is 0 Å². The molecular formula is C44H72Na2O11S2. The molecule has 59 heavy (non-hydrogen) atoms. The van der Waals surface area contributed by atoms with Crippen molar-refractivity contribution < 1.29 is 109 Å². The van der Waals surface area contributed by atoms with Crippen LogP contribution < -0.4 is 68.6 Å². The predicted molar refractivity (Wildman–Crippen MR) is 223 cm³/mol. The predicted octanol–water partition coefficient (Wildman–Crippen LogP) is 3.94. The minimum absolute atomic E-state index is 0. The normalized spacial score (nSPS) is 11.6. The van der Waals surface area contributed by atoms with Gasteiger partial charge in [0.15, 0.2) is 0 Å². The van der Waals surface area contributed by atoms with Gasteiger partial charge in [-0.15, -0.1) is 0 Å². The van der Waals surface area contributed by atoms with Gasteiger partial charge < -0.3 is 32.8 Å². The van der Waals surface area contributed by atoms with Gasteiger partial charge in [0.05, 0.1) is 49.4 Å². The van der Waals surface area contributed by atoms with Crippen LogP contribution in [0.15, 0.2) is 46.2 Å². The van der Waals surface area contributed by atoms with Crippen molar-refractivity contribution >= 4 is 20.2 Å². The third-order valence-electron chi connectivity index (χ3n) is 9.91. The monoisotopic (exact) mass is 886 g/mol. The van der Waals surface area contributed by atoms with E-state index < -0.39 is 20.2 Å². The molecule has 0 aromatic heterocycles. The smallest absolute Gasteiger partial charge is 0.744 e. The number of ether oxygens (including phenoxy) is 5. The number of benzene rings is 2. The molecule has 0 spiro atoms. The molecule has 0 heterocycles. The van der Waals surface area contributed by atoms with Crippen LogP contribution >= 0.6 is 0 Å². The van der Waals surface area contributed by atoms with Crippen LogP contribution in [-0.2, 0) is 47.3 Å². The SMILES string of the molecule is CCCCCCCCCCCCc1ccc(OCCOCCOCCOCCOc2ccc(CCCCCCCCCCCC)cc2S(=O)(=O)[O-])c(S(=O)(=O)[O-])c1.[Na+].[Na+]. The summed E-state index contributed by atoms with van der Waals surface area (Å²) in [7, 11) is -9.40. The molecule has 2 rings (SSSR count). The van der Waals surface area contributed by atoms with Crippen LogP contribution in [0.2, 0.25) is 0 Å². The summed E-state index contributed by atoms with van der Waals surface area (Å²) in [5.74, 6) is 0.0561. The summed E-state index contributed by atoms with van der Waals surface area (Å²) in [5, 5.41) is 0. The van der Waals surface area contributed by atoms with E-state index in [2.05, 4.69) is 13.8 Å². The van der Waals surface area contributed by atoms with E-state index in [1.807, 2.05) is 12.1 Å². The minimum atomic E-state index is -4.70. The molecule has 2 aromatic rings. The zero-order valence-electron chi connectivity index (χ0n) is 37.0. The van der Waals surface area contributed by atoms with Crippen LogP contribution in [0, 0.1) is 0 Å².